The Kier molecular flexibility index (Phi) is 4.14. The van der Waals surface area contributed by atoms with Gasteiger partial charge in [0.25, 0.3) is 5.91 Å². The molecule has 1 aliphatic rings. The fourth-order valence-electron chi connectivity index (χ4n) is 3.79. The average Bonchev–Trinajstić information content (AvgIpc) is 2.99. The number of rotatable bonds is 1. The van der Waals surface area contributed by atoms with Crippen LogP contribution < -0.4 is 4.90 Å². The van der Waals surface area contributed by atoms with Gasteiger partial charge in [-0.25, -0.2) is 0 Å². The first-order valence-corrected chi connectivity index (χ1v) is 11.0. The summed E-state index contributed by atoms with van der Waals surface area (Å²) in [5.41, 5.74) is 5.75. The van der Waals surface area contributed by atoms with Gasteiger partial charge in [-0.3, -0.25) is 9.69 Å². The van der Waals surface area contributed by atoms with Crippen LogP contribution in [0.4, 0.5) is 5.69 Å². The normalized spacial score (nSPS) is 14.7. The second-order valence-electron chi connectivity index (χ2n) is 7.20. The Balaban J connectivity index is 2.05. The van der Waals surface area contributed by atoms with Crippen molar-refractivity contribution in [3.05, 3.63) is 67.9 Å². The van der Waals surface area contributed by atoms with Gasteiger partial charge < -0.3 is 0 Å². The molecular formula is C21H19NOS3. The van der Waals surface area contributed by atoms with Crippen LogP contribution in [0.15, 0.2) is 42.5 Å². The van der Waals surface area contributed by atoms with Crippen molar-refractivity contribution in [2.75, 3.05) is 4.90 Å². The van der Waals surface area contributed by atoms with Crippen molar-refractivity contribution in [2.45, 2.75) is 33.2 Å². The molecule has 5 heteroatoms. The summed E-state index contributed by atoms with van der Waals surface area (Å²) in [6, 6.07) is 13.8. The van der Waals surface area contributed by atoms with E-state index >= 15 is 0 Å². The lowest BCUT2D eigenvalue weighted by molar-refractivity contribution is 0.0961. The first-order chi connectivity index (χ1) is 12.3. The number of hydrogen-bond acceptors (Lipinski definition) is 4. The van der Waals surface area contributed by atoms with Gasteiger partial charge in [-0.05, 0) is 51.5 Å². The minimum absolute atomic E-state index is 0.0266. The summed E-state index contributed by atoms with van der Waals surface area (Å²) in [7, 11) is 3.32. The van der Waals surface area contributed by atoms with E-state index in [4.69, 9.17) is 12.2 Å². The fraction of sp³-hybridized carbons (Fsp3) is 0.238. The molecule has 0 N–H and O–H groups in total. The van der Waals surface area contributed by atoms with Crippen molar-refractivity contribution < 1.29 is 4.79 Å². The zero-order chi connectivity index (χ0) is 18.6. The molecule has 0 radical (unpaired) electrons. The standard InChI is InChI=1S/C21H19NOS3/c1-12-10-13(2)17-15(11-12)16-18(25-26-20(16)24)21(3,4)22(17)19(23)14-8-6-5-7-9-14/h5-11H,1-4H3. The zero-order valence-electron chi connectivity index (χ0n) is 15.1. The maximum Gasteiger partial charge on any atom is 0.259 e. The molecule has 0 bridgehead atoms. The molecule has 1 aromatic heterocycles. The lowest BCUT2D eigenvalue weighted by atomic mass is 9.84. The number of amides is 1. The van der Waals surface area contributed by atoms with Gasteiger partial charge >= 0.3 is 0 Å². The summed E-state index contributed by atoms with van der Waals surface area (Å²) in [6.07, 6.45) is 0. The van der Waals surface area contributed by atoms with Crippen molar-refractivity contribution in [2.24, 2.45) is 0 Å². The van der Waals surface area contributed by atoms with Crippen LogP contribution in [0.1, 0.15) is 40.2 Å². The van der Waals surface area contributed by atoms with Crippen LogP contribution in [-0.2, 0) is 5.54 Å². The summed E-state index contributed by atoms with van der Waals surface area (Å²) in [5, 5.41) is 0. The second kappa shape index (κ2) is 6.12. The number of carbonyl (C=O) groups is 1. The number of nitrogens with zero attached hydrogens (tertiary/aromatic N) is 1. The van der Waals surface area contributed by atoms with Crippen LogP contribution in [0.3, 0.4) is 0 Å². The Morgan fingerprint density at radius 3 is 2.46 bits per heavy atom. The lowest BCUT2D eigenvalue weighted by Crippen LogP contribution is -2.48. The highest BCUT2D eigenvalue weighted by Gasteiger charge is 2.43. The molecule has 0 fully saturated rings. The molecule has 0 saturated heterocycles. The molecule has 132 valence electrons. The van der Waals surface area contributed by atoms with Gasteiger partial charge in [-0.2, -0.15) is 0 Å². The van der Waals surface area contributed by atoms with Gasteiger partial charge in [0.2, 0.25) is 0 Å². The number of carbonyl (C=O) groups excluding carboxylic acids is 1. The fourth-order valence-corrected chi connectivity index (χ4v) is 7.07. The molecule has 0 spiro atoms. The largest absolute Gasteiger partial charge is 0.297 e. The smallest absolute Gasteiger partial charge is 0.259 e. The van der Waals surface area contributed by atoms with E-state index in [-0.39, 0.29) is 5.91 Å². The summed E-state index contributed by atoms with van der Waals surface area (Å²) in [6.45, 7) is 8.41. The first kappa shape index (κ1) is 17.6. The lowest BCUT2D eigenvalue weighted by Gasteiger charge is -2.44. The summed E-state index contributed by atoms with van der Waals surface area (Å²) < 4.78 is 0.913. The van der Waals surface area contributed by atoms with E-state index in [1.807, 2.05) is 35.2 Å². The zero-order valence-corrected chi connectivity index (χ0v) is 17.6. The van der Waals surface area contributed by atoms with Gasteiger partial charge in [0, 0.05) is 16.7 Å². The minimum atomic E-state index is -0.451. The molecule has 2 nitrogen and oxygen atoms in total. The van der Waals surface area contributed by atoms with E-state index in [1.165, 1.54) is 10.4 Å². The molecule has 0 unspecified atom stereocenters. The third-order valence-electron chi connectivity index (χ3n) is 4.91. The summed E-state index contributed by atoms with van der Waals surface area (Å²) >= 11 is 5.66. The maximum atomic E-state index is 13.5. The highest BCUT2D eigenvalue weighted by atomic mass is 32.9. The van der Waals surface area contributed by atoms with Gasteiger partial charge in [0.05, 0.1) is 16.1 Å². The van der Waals surface area contributed by atoms with Crippen LogP contribution in [0, 0.1) is 17.7 Å². The van der Waals surface area contributed by atoms with E-state index in [9.17, 15) is 4.79 Å². The summed E-state index contributed by atoms with van der Waals surface area (Å²) in [4.78, 5) is 16.7. The van der Waals surface area contributed by atoms with Crippen molar-refractivity contribution in [3.8, 4) is 11.1 Å². The molecule has 3 aromatic rings. The van der Waals surface area contributed by atoms with E-state index in [1.54, 1.807) is 20.7 Å². The van der Waals surface area contributed by atoms with Crippen LogP contribution in [0.2, 0.25) is 0 Å². The van der Waals surface area contributed by atoms with Crippen molar-refractivity contribution >= 4 is 44.5 Å². The van der Waals surface area contributed by atoms with Crippen LogP contribution in [-0.4, -0.2) is 5.91 Å². The third-order valence-corrected chi connectivity index (χ3v) is 8.24. The van der Waals surface area contributed by atoms with Crippen molar-refractivity contribution in [3.63, 3.8) is 0 Å². The number of aryl methyl sites for hydroxylation is 2. The molecule has 26 heavy (non-hydrogen) atoms. The minimum Gasteiger partial charge on any atom is -0.297 e. The van der Waals surface area contributed by atoms with Crippen LogP contribution in [0.5, 0.6) is 0 Å². The van der Waals surface area contributed by atoms with Crippen molar-refractivity contribution in [1.82, 2.24) is 0 Å². The monoisotopic (exact) mass is 397 g/mol. The Morgan fingerprint density at radius 2 is 1.77 bits per heavy atom. The predicted octanol–water partition coefficient (Wildman–Crippen LogP) is 6.72. The highest BCUT2D eigenvalue weighted by Crippen LogP contribution is 2.53. The van der Waals surface area contributed by atoms with E-state index < -0.39 is 5.54 Å². The Labute approximate surface area is 166 Å². The quantitative estimate of drug-likeness (QED) is 0.336. The molecule has 4 rings (SSSR count). The number of benzene rings is 2. The van der Waals surface area contributed by atoms with E-state index in [0.29, 0.717) is 5.56 Å². The molecular weight excluding hydrogens is 378 g/mol. The maximum absolute atomic E-state index is 13.5. The van der Waals surface area contributed by atoms with Crippen molar-refractivity contribution in [1.29, 1.82) is 0 Å². The molecule has 2 heterocycles. The predicted molar refractivity (Wildman–Crippen MR) is 114 cm³/mol. The summed E-state index contributed by atoms with van der Waals surface area (Å²) in [5.74, 6) is 0.0266. The first-order valence-electron chi connectivity index (χ1n) is 8.47. The third kappa shape index (κ3) is 2.49. The van der Waals surface area contributed by atoms with Gasteiger partial charge in [0.1, 0.15) is 3.82 Å². The average molecular weight is 398 g/mol. The Morgan fingerprint density at radius 1 is 1.08 bits per heavy atom. The Bertz CT molecular complexity index is 1080. The van der Waals surface area contributed by atoms with Crippen LogP contribution in [0.25, 0.3) is 11.1 Å². The molecule has 2 aromatic carbocycles. The molecule has 1 amide bonds. The van der Waals surface area contributed by atoms with Gasteiger partial charge in [-0.1, -0.05) is 62.7 Å². The SMILES string of the molecule is Cc1cc(C)c2c(c1)-c1c(ssc1=S)C(C)(C)N2C(=O)c1ccccc1. The van der Waals surface area contributed by atoms with E-state index in [2.05, 4.69) is 39.8 Å². The Hall–Kier alpha value is -1.82. The number of fused-ring (bicyclic) bond motifs is 3. The topological polar surface area (TPSA) is 20.3 Å². The number of anilines is 1. The van der Waals surface area contributed by atoms with Gasteiger partial charge in [0.15, 0.2) is 0 Å². The number of hydrogen-bond donors (Lipinski definition) is 0. The molecule has 0 atom stereocenters. The second-order valence-corrected chi connectivity index (χ2v) is 10.0. The van der Waals surface area contributed by atoms with Gasteiger partial charge in [-0.15, -0.1) is 0 Å². The highest BCUT2D eigenvalue weighted by molar-refractivity contribution is 7.80. The molecule has 0 aliphatic carbocycles. The molecule has 1 aliphatic heterocycles. The van der Waals surface area contributed by atoms with E-state index in [0.717, 1.165) is 26.2 Å². The van der Waals surface area contributed by atoms with Crippen LogP contribution >= 0.6 is 32.9 Å². The molecule has 0 saturated carbocycles.